The van der Waals surface area contributed by atoms with Crippen LogP contribution in [0.25, 0.3) is 0 Å². The molecule has 3 aromatic rings. The summed E-state index contributed by atoms with van der Waals surface area (Å²) in [6, 6.07) is 11.3. The van der Waals surface area contributed by atoms with Crippen LogP contribution in [0.15, 0.2) is 42.5 Å². The third kappa shape index (κ3) is 5.12. The van der Waals surface area contributed by atoms with Gasteiger partial charge in [-0.2, -0.15) is 5.10 Å². The van der Waals surface area contributed by atoms with Crippen LogP contribution >= 0.6 is 11.6 Å². The second-order valence-corrected chi connectivity index (χ2v) is 8.98. The maximum atomic E-state index is 14.2. The van der Waals surface area contributed by atoms with E-state index in [2.05, 4.69) is 10.4 Å². The molecule has 1 aliphatic heterocycles. The number of fused-ring (bicyclic) bond motifs is 1. The van der Waals surface area contributed by atoms with Crippen molar-refractivity contribution >= 4 is 35.0 Å². The lowest BCUT2D eigenvalue weighted by Crippen LogP contribution is -2.30. The normalized spacial score (nSPS) is 12.9. The summed E-state index contributed by atoms with van der Waals surface area (Å²) in [5.41, 5.74) is 3.18. The first kappa shape index (κ1) is 24.6. The summed E-state index contributed by atoms with van der Waals surface area (Å²) in [5.74, 6) is -1.08. The van der Waals surface area contributed by atoms with Gasteiger partial charge in [0.15, 0.2) is 0 Å². The zero-order valence-electron chi connectivity index (χ0n) is 19.6. The molecule has 1 N–H and O–H groups in total. The third-order valence-corrected chi connectivity index (χ3v) is 6.53. The van der Waals surface area contributed by atoms with Crippen LogP contribution in [0.1, 0.15) is 63.4 Å². The third-order valence-electron chi connectivity index (χ3n) is 6.18. The minimum atomic E-state index is -0.406. The van der Waals surface area contributed by atoms with E-state index in [0.717, 1.165) is 0 Å². The zero-order chi connectivity index (χ0) is 25.1. The number of carbonyl (C=O) groups is 3. The molecule has 0 aliphatic carbocycles. The Morgan fingerprint density at radius 3 is 2.34 bits per heavy atom. The molecule has 0 spiro atoms. The summed E-state index contributed by atoms with van der Waals surface area (Å²) >= 11 is 6.14. The molecule has 1 aliphatic rings. The van der Waals surface area contributed by atoms with E-state index in [4.69, 9.17) is 11.6 Å². The molecular formula is C26H26ClFN4O3. The molecule has 0 bridgehead atoms. The van der Waals surface area contributed by atoms with Crippen LogP contribution in [-0.4, -0.2) is 38.9 Å². The number of amides is 3. The van der Waals surface area contributed by atoms with E-state index in [0.29, 0.717) is 71.0 Å². The highest BCUT2D eigenvalue weighted by Gasteiger charge is 2.34. The van der Waals surface area contributed by atoms with Crippen LogP contribution in [0.3, 0.4) is 0 Å². The molecule has 9 heteroatoms. The average Bonchev–Trinajstić information content (AvgIpc) is 3.23. The van der Waals surface area contributed by atoms with E-state index in [1.165, 1.54) is 11.0 Å². The highest BCUT2D eigenvalue weighted by Crippen LogP contribution is 2.25. The van der Waals surface area contributed by atoms with Gasteiger partial charge in [-0.05, 0) is 51.0 Å². The van der Waals surface area contributed by atoms with Gasteiger partial charge < -0.3 is 5.32 Å². The monoisotopic (exact) mass is 496 g/mol. The summed E-state index contributed by atoms with van der Waals surface area (Å²) in [6.07, 6.45) is 2.24. The molecule has 0 unspecified atom stereocenters. The average molecular weight is 497 g/mol. The second-order valence-electron chi connectivity index (χ2n) is 8.57. The summed E-state index contributed by atoms with van der Waals surface area (Å²) in [6.45, 7) is 4.08. The van der Waals surface area contributed by atoms with Crippen LogP contribution in [0.2, 0.25) is 5.02 Å². The van der Waals surface area contributed by atoms with Crippen molar-refractivity contribution in [1.29, 1.82) is 0 Å². The Balaban J connectivity index is 1.26. The Labute approximate surface area is 207 Å². The van der Waals surface area contributed by atoms with Gasteiger partial charge in [0.25, 0.3) is 11.8 Å². The van der Waals surface area contributed by atoms with E-state index < -0.39 is 5.82 Å². The largest absolute Gasteiger partial charge is 0.323 e. The van der Waals surface area contributed by atoms with Crippen LogP contribution in [0.5, 0.6) is 0 Å². The smallest absolute Gasteiger partial charge is 0.261 e. The molecular weight excluding hydrogens is 471 g/mol. The minimum Gasteiger partial charge on any atom is -0.323 e. The van der Waals surface area contributed by atoms with Crippen LogP contribution in [-0.2, 0) is 11.3 Å². The number of hydrogen-bond donors (Lipinski definition) is 1. The zero-order valence-corrected chi connectivity index (χ0v) is 20.4. The SMILES string of the molecule is Cc1nn(Cc2c(F)cccc2Cl)c(C)c1NC(=O)CCCCCN1C(=O)c2ccccc2C1=O. The number of rotatable bonds is 9. The van der Waals surface area contributed by atoms with E-state index in [-0.39, 0.29) is 24.3 Å². The van der Waals surface area contributed by atoms with E-state index in [1.54, 1.807) is 48.0 Å². The van der Waals surface area contributed by atoms with Crippen molar-refractivity contribution in [3.63, 3.8) is 0 Å². The number of aromatic nitrogens is 2. The van der Waals surface area contributed by atoms with Crippen LogP contribution in [0.4, 0.5) is 10.1 Å². The van der Waals surface area contributed by atoms with Crippen molar-refractivity contribution in [2.45, 2.75) is 46.1 Å². The number of nitrogens with one attached hydrogen (secondary N) is 1. The molecule has 0 radical (unpaired) electrons. The lowest BCUT2D eigenvalue weighted by Gasteiger charge is -2.13. The fourth-order valence-corrected chi connectivity index (χ4v) is 4.46. The molecule has 0 saturated carbocycles. The molecule has 2 aromatic carbocycles. The maximum absolute atomic E-state index is 14.2. The van der Waals surface area contributed by atoms with Crippen molar-refractivity contribution in [3.8, 4) is 0 Å². The Morgan fingerprint density at radius 1 is 1.00 bits per heavy atom. The quantitative estimate of drug-likeness (QED) is 0.328. The Hall–Kier alpha value is -3.52. The van der Waals surface area contributed by atoms with Gasteiger partial charge >= 0.3 is 0 Å². The van der Waals surface area contributed by atoms with Crippen molar-refractivity contribution < 1.29 is 18.8 Å². The summed E-state index contributed by atoms with van der Waals surface area (Å²) < 4.78 is 15.8. The van der Waals surface area contributed by atoms with Gasteiger partial charge in [0, 0.05) is 23.6 Å². The minimum absolute atomic E-state index is 0.152. The van der Waals surface area contributed by atoms with Gasteiger partial charge in [0.05, 0.1) is 34.7 Å². The molecule has 0 atom stereocenters. The molecule has 2 heterocycles. The van der Waals surface area contributed by atoms with Gasteiger partial charge in [0.2, 0.25) is 5.91 Å². The van der Waals surface area contributed by atoms with Gasteiger partial charge in [-0.25, -0.2) is 4.39 Å². The number of anilines is 1. The summed E-state index contributed by atoms with van der Waals surface area (Å²) in [5, 5.41) is 7.66. The van der Waals surface area contributed by atoms with Crippen molar-refractivity contribution in [1.82, 2.24) is 14.7 Å². The first-order chi connectivity index (χ1) is 16.8. The van der Waals surface area contributed by atoms with Gasteiger partial charge in [-0.3, -0.25) is 24.0 Å². The first-order valence-corrected chi connectivity index (χ1v) is 11.9. The molecule has 0 fully saturated rings. The Bertz CT molecular complexity index is 1250. The fraction of sp³-hybridized carbons (Fsp3) is 0.308. The molecule has 7 nitrogen and oxygen atoms in total. The number of hydrogen-bond acceptors (Lipinski definition) is 4. The van der Waals surface area contributed by atoms with Gasteiger partial charge in [0.1, 0.15) is 5.82 Å². The lowest BCUT2D eigenvalue weighted by molar-refractivity contribution is -0.116. The first-order valence-electron chi connectivity index (χ1n) is 11.5. The Kier molecular flexibility index (Phi) is 7.31. The van der Waals surface area contributed by atoms with Crippen LogP contribution in [0, 0.1) is 19.7 Å². The highest BCUT2D eigenvalue weighted by atomic mass is 35.5. The molecule has 1 aromatic heterocycles. The number of benzene rings is 2. The van der Waals surface area contributed by atoms with Crippen LogP contribution < -0.4 is 5.32 Å². The van der Waals surface area contributed by atoms with Crippen molar-refractivity contribution in [3.05, 3.63) is 81.4 Å². The summed E-state index contributed by atoms with van der Waals surface area (Å²) in [4.78, 5) is 38.6. The number of carbonyl (C=O) groups excluding carboxylic acids is 3. The number of unbranched alkanes of at least 4 members (excludes halogenated alkanes) is 2. The van der Waals surface area contributed by atoms with E-state index in [9.17, 15) is 18.8 Å². The van der Waals surface area contributed by atoms with E-state index >= 15 is 0 Å². The second kappa shape index (κ2) is 10.4. The van der Waals surface area contributed by atoms with E-state index in [1.807, 2.05) is 6.92 Å². The topological polar surface area (TPSA) is 84.3 Å². The number of imide groups is 1. The Morgan fingerprint density at radius 2 is 1.69 bits per heavy atom. The number of halogens is 2. The number of aryl methyl sites for hydroxylation is 1. The predicted octanol–water partition coefficient (Wildman–Crippen LogP) is 5.14. The molecule has 3 amide bonds. The highest BCUT2D eigenvalue weighted by molar-refractivity contribution is 6.31. The summed E-state index contributed by atoms with van der Waals surface area (Å²) in [7, 11) is 0. The fourth-order valence-electron chi connectivity index (χ4n) is 4.24. The molecule has 35 heavy (non-hydrogen) atoms. The number of nitrogens with zero attached hydrogens (tertiary/aromatic N) is 3. The van der Waals surface area contributed by atoms with Crippen molar-refractivity contribution in [2.75, 3.05) is 11.9 Å². The molecule has 4 rings (SSSR count). The maximum Gasteiger partial charge on any atom is 0.261 e. The predicted molar refractivity (Wildman–Crippen MR) is 131 cm³/mol. The lowest BCUT2D eigenvalue weighted by atomic mass is 10.1. The standard InChI is InChI=1S/C26H26ClFN4O3/c1-16-24(17(2)32(30-16)15-20-21(27)11-8-12-22(20)28)29-23(33)13-4-3-7-14-31-25(34)18-9-5-6-10-19(18)26(31)35/h5-6,8-12H,3-4,7,13-15H2,1-2H3,(H,29,33). The van der Waals surface area contributed by atoms with Gasteiger partial charge in [-0.1, -0.05) is 36.2 Å². The van der Waals surface area contributed by atoms with Crippen molar-refractivity contribution in [2.24, 2.45) is 0 Å². The molecule has 182 valence electrons. The van der Waals surface area contributed by atoms with Gasteiger partial charge in [-0.15, -0.1) is 0 Å². The molecule has 0 saturated heterocycles.